The fourth-order valence-corrected chi connectivity index (χ4v) is 1.93. The van der Waals surface area contributed by atoms with Crippen LogP contribution in [0.5, 0.6) is 5.75 Å². The van der Waals surface area contributed by atoms with Gasteiger partial charge < -0.3 is 5.11 Å². The minimum absolute atomic E-state index is 0.00957. The molecule has 0 heterocycles. The van der Waals surface area contributed by atoms with E-state index in [2.05, 4.69) is 0 Å². The van der Waals surface area contributed by atoms with Crippen molar-refractivity contribution in [2.75, 3.05) is 0 Å². The number of Topliss-reactive ketones (excluding diaryl/α,β-unsaturated/α-hetero) is 1. The quantitative estimate of drug-likeness (QED) is 0.532. The lowest BCUT2D eigenvalue weighted by molar-refractivity contribution is -0.384. The maximum Gasteiger partial charge on any atom is 0.269 e. The van der Waals surface area contributed by atoms with Gasteiger partial charge in [-0.1, -0.05) is 11.6 Å². The summed E-state index contributed by atoms with van der Waals surface area (Å²) in [5.41, 5.74) is 0.683. The van der Waals surface area contributed by atoms with Crippen molar-refractivity contribution in [3.63, 3.8) is 0 Å². The van der Waals surface area contributed by atoms with Crippen molar-refractivity contribution in [1.82, 2.24) is 0 Å². The molecule has 2 aromatic carbocycles. The minimum Gasteiger partial charge on any atom is -0.508 e. The highest BCUT2D eigenvalue weighted by atomic mass is 35.5. The summed E-state index contributed by atoms with van der Waals surface area (Å²) in [6, 6.07) is 9.78. The van der Waals surface area contributed by atoms with E-state index in [1.165, 1.54) is 42.5 Å². The Morgan fingerprint density at radius 1 is 1.20 bits per heavy atom. The molecule has 0 bridgehead atoms. The molecule has 2 rings (SSSR count). The Kier molecular flexibility index (Phi) is 4.00. The van der Waals surface area contributed by atoms with Crippen LogP contribution in [0.15, 0.2) is 42.5 Å². The predicted octanol–water partition coefficient (Wildman–Crippen LogP) is 3.38. The van der Waals surface area contributed by atoms with Gasteiger partial charge in [-0.05, 0) is 30.3 Å². The van der Waals surface area contributed by atoms with Crippen LogP contribution < -0.4 is 0 Å². The number of carbonyl (C=O) groups is 1. The summed E-state index contributed by atoms with van der Waals surface area (Å²) in [5.74, 6) is -0.262. The van der Waals surface area contributed by atoms with Crippen LogP contribution in [-0.4, -0.2) is 15.8 Å². The summed E-state index contributed by atoms with van der Waals surface area (Å²) < 4.78 is 0. The van der Waals surface area contributed by atoms with Crippen LogP contribution in [-0.2, 0) is 6.42 Å². The minimum atomic E-state index is -0.531. The van der Waals surface area contributed by atoms with Crippen molar-refractivity contribution < 1.29 is 14.8 Å². The van der Waals surface area contributed by atoms with E-state index in [1.54, 1.807) is 0 Å². The monoisotopic (exact) mass is 291 g/mol. The number of halogens is 1. The summed E-state index contributed by atoms with van der Waals surface area (Å²) in [6.07, 6.45) is -0.0236. The second-order valence-electron chi connectivity index (χ2n) is 4.18. The molecule has 0 amide bonds. The van der Waals surface area contributed by atoms with Gasteiger partial charge in [0.1, 0.15) is 5.75 Å². The van der Waals surface area contributed by atoms with Crippen LogP contribution in [0, 0.1) is 10.1 Å². The highest BCUT2D eigenvalue weighted by molar-refractivity contribution is 6.30. The molecule has 5 nitrogen and oxygen atoms in total. The van der Waals surface area contributed by atoms with Crippen LogP contribution in [0.2, 0.25) is 5.02 Å². The third-order valence-corrected chi connectivity index (χ3v) is 3.03. The van der Waals surface area contributed by atoms with Gasteiger partial charge in [0.2, 0.25) is 0 Å². The molecule has 2 aromatic rings. The first kappa shape index (κ1) is 14.0. The number of nitro groups is 1. The van der Waals surface area contributed by atoms with E-state index in [9.17, 15) is 20.0 Å². The molecule has 0 aliphatic carbocycles. The average Bonchev–Trinajstić information content (AvgIpc) is 2.43. The Bertz CT molecular complexity index is 667. The first-order valence-corrected chi connectivity index (χ1v) is 6.10. The fraction of sp³-hybridized carbons (Fsp3) is 0.0714. The lowest BCUT2D eigenvalue weighted by atomic mass is 10.0. The largest absolute Gasteiger partial charge is 0.508 e. The zero-order valence-electron chi connectivity index (χ0n) is 10.2. The Morgan fingerprint density at radius 2 is 1.85 bits per heavy atom. The predicted molar refractivity (Wildman–Crippen MR) is 74.2 cm³/mol. The zero-order chi connectivity index (χ0) is 14.7. The van der Waals surface area contributed by atoms with Gasteiger partial charge in [0.05, 0.1) is 4.92 Å². The molecule has 0 fully saturated rings. The first-order chi connectivity index (χ1) is 9.47. The molecule has 0 aliphatic heterocycles. The number of ketones is 1. The van der Waals surface area contributed by atoms with Crippen molar-refractivity contribution in [1.29, 1.82) is 0 Å². The van der Waals surface area contributed by atoms with E-state index in [4.69, 9.17) is 11.6 Å². The third-order valence-electron chi connectivity index (χ3n) is 2.79. The molecular formula is C14H10ClNO4. The highest BCUT2D eigenvalue weighted by Gasteiger charge is 2.12. The Hall–Kier alpha value is -2.40. The van der Waals surface area contributed by atoms with Crippen molar-refractivity contribution in [2.24, 2.45) is 0 Å². The van der Waals surface area contributed by atoms with Gasteiger partial charge in [-0.15, -0.1) is 0 Å². The van der Waals surface area contributed by atoms with Gasteiger partial charge in [0.15, 0.2) is 5.78 Å². The van der Waals surface area contributed by atoms with Gasteiger partial charge in [-0.2, -0.15) is 0 Å². The average molecular weight is 292 g/mol. The highest BCUT2D eigenvalue weighted by Crippen LogP contribution is 2.23. The van der Waals surface area contributed by atoms with Crippen molar-refractivity contribution >= 4 is 23.1 Å². The molecule has 6 heteroatoms. The molecule has 0 saturated carbocycles. The summed E-state index contributed by atoms with van der Waals surface area (Å²) in [6.45, 7) is 0. The lowest BCUT2D eigenvalue weighted by Crippen LogP contribution is -2.04. The molecule has 0 radical (unpaired) electrons. The van der Waals surface area contributed by atoms with Crippen molar-refractivity contribution in [3.8, 4) is 5.75 Å². The number of aromatic hydroxyl groups is 1. The normalized spacial score (nSPS) is 10.2. The topological polar surface area (TPSA) is 80.4 Å². The second-order valence-corrected chi connectivity index (χ2v) is 4.61. The number of hydrogen-bond donors (Lipinski definition) is 1. The maximum absolute atomic E-state index is 12.0. The van der Waals surface area contributed by atoms with Gasteiger partial charge in [-0.25, -0.2) is 0 Å². The smallest absolute Gasteiger partial charge is 0.269 e. The Balaban J connectivity index is 2.19. The number of hydrogen-bond acceptors (Lipinski definition) is 4. The molecule has 0 aliphatic rings. The summed E-state index contributed by atoms with van der Waals surface area (Å²) in [7, 11) is 0. The van der Waals surface area contributed by atoms with Crippen molar-refractivity contribution in [3.05, 3.63) is 68.7 Å². The van der Waals surface area contributed by atoms with Crippen LogP contribution >= 0.6 is 11.6 Å². The van der Waals surface area contributed by atoms with Gasteiger partial charge >= 0.3 is 0 Å². The number of benzene rings is 2. The number of phenolic OH excluding ortho intramolecular Hbond substituents is 1. The Morgan fingerprint density at radius 3 is 2.45 bits per heavy atom. The summed E-state index contributed by atoms with van der Waals surface area (Å²) in [4.78, 5) is 22.0. The summed E-state index contributed by atoms with van der Waals surface area (Å²) in [5, 5.41) is 20.6. The van der Waals surface area contributed by atoms with E-state index in [0.29, 0.717) is 16.1 Å². The lowest BCUT2D eigenvalue weighted by Gasteiger charge is -2.05. The standard InChI is InChI=1S/C14H10ClNO4/c15-11-3-6-13(17)10(7-11)8-14(18)9-1-4-12(5-2-9)16(19)20/h1-7,17H,8H2. The van der Waals surface area contributed by atoms with Crippen LogP contribution in [0.3, 0.4) is 0 Å². The van der Waals surface area contributed by atoms with E-state index in [1.807, 2.05) is 0 Å². The van der Waals surface area contributed by atoms with Gasteiger partial charge in [-0.3, -0.25) is 14.9 Å². The zero-order valence-corrected chi connectivity index (χ0v) is 11.0. The summed E-state index contributed by atoms with van der Waals surface area (Å²) >= 11 is 5.80. The van der Waals surface area contributed by atoms with E-state index in [-0.39, 0.29) is 23.6 Å². The Labute approximate surface area is 119 Å². The SMILES string of the molecule is O=C(Cc1cc(Cl)ccc1O)c1ccc([N+](=O)[O-])cc1. The molecule has 0 spiro atoms. The number of carbonyl (C=O) groups excluding carboxylic acids is 1. The van der Waals surface area contributed by atoms with E-state index < -0.39 is 4.92 Å². The van der Waals surface area contributed by atoms with Gasteiger partial charge in [0.25, 0.3) is 5.69 Å². The molecule has 0 unspecified atom stereocenters. The molecule has 102 valence electrons. The molecule has 0 atom stereocenters. The third kappa shape index (κ3) is 3.13. The molecule has 20 heavy (non-hydrogen) atoms. The number of nitro benzene ring substituents is 1. The molecular weight excluding hydrogens is 282 g/mol. The second kappa shape index (κ2) is 5.71. The van der Waals surface area contributed by atoms with Gasteiger partial charge in [0, 0.05) is 34.7 Å². The van der Waals surface area contributed by atoms with Crippen LogP contribution in [0.1, 0.15) is 15.9 Å². The van der Waals surface area contributed by atoms with Crippen molar-refractivity contribution in [2.45, 2.75) is 6.42 Å². The number of non-ortho nitro benzene ring substituents is 1. The number of rotatable bonds is 4. The number of phenols is 1. The molecule has 0 aromatic heterocycles. The molecule has 0 saturated heterocycles. The maximum atomic E-state index is 12.0. The first-order valence-electron chi connectivity index (χ1n) is 5.72. The van der Waals surface area contributed by atoms with E-state index >= 15 is 0 Å². The van der Waals surface area contributed by atoms with E-state index in [0.717, 1.165) is 0 Å². The number of nitrogens with zero attached hydrogens (tertiary/aromatic N) is 1. The fourth-order valence-electron chi connectivity index (χ4n) is 1.74. The molecule has 1 N–H and O–H groups in total. The van der Waals surface area contributed by atoms with Crippen LogP contribution in [0.25, 0.3) is 0 Å². The van der Waals surface area contributed by atoms with Crippen LogP contribution in [0.4, 0.5) is 5.69 Å².